The standard InChI is InChI=1S/C8H12N2O/c11-8-9-6-4-1-2-5(3-4)7(6)10-8/h4-7H,1-3H2,(H2,9,10,11). The quantitative estimate of drug-likeness (QED) is 0.520. The summed E-state index contributed by atoms with van der Waals surface area (Å²) in [5.41, 5.74) is 0. The third kappa shape index (κ3) is 0.613. The van der Waals surface area contributed by atoms with E-state index >= 15 is 0 Å². The molecule has 0 aromatic rings. The lowest BCUT2D eigenvalue weighted by molar-refractivity contribution is 0.245. The van der Waals surface area contributed by atoms with Gasteiger partial charge in [0.05, 0.1) is 12.1 Å². The summed E-state index contributed by atoms with van der Waals surface area (Å²) < 4.78 is 0. The van der Waals surface area contributed by atoms with Gasteiger partial charge < -0.3 is 10.6 Å². The lowest BCUT2D eigenvalue weighted by Crippen LogP contribution is -2.38. The Balaban J connectivity index is 1.92. The molecular formula is C8H12N2O. The Bertz CT molecular complexity index is 196. The van der Waals surface area contributed by atoms with E-state index in [0.717, 1.165) is 11.8 Å². The van der Waals surface area contributed by atoms with E-state index in [9.17, 15) is 4.79 Å². The molecule has 3 fully saturated rings. The maximum Gasteiger partial charge on any atom is 0.315 e. The van der Waals surface area contributed by atoms with E-state index in [4.69, 9.17) is 0 Å². The van der Waals surface area contributed by atoms with Crippen molar-refractivity contribution >= 4 is 6.03 Å². The van der Waals surface area contributed by atoms with Gasteiger partial charge in [-0.15, -0.1) is 0 Å². The minimum absolute atomic E-state index is 0.0524. The van der Waals surface area contributed by atoms with Gasteiger partial charge in [0.1, 0.15) is 0 Å². The third-order valence-electron chi connectivity index (χ3n) is 3.51. The molecule has 60 valence electrons. The first-order valence-corrected chi connectivity index (χ1v) is 4.41. The van der Waals surface area contributed by atoms with Crippen LogP contribution in [0.3, 0.4) is 0 Å². The van der Waals surface area contributed by atoms with Gasteiger partial charge in [-0.25, -0.2) is 4.79 Å². The smallest absolute Gasteiger partial charge is 0.315 e. The second-order valence-corrected chi connectivity index (χ2v) is 4.00. The molecule has 4 atom stereocenters. The second kappa shape index (κ2) is 1.71. The average Bonchev–Trinajstić information content (AvgIpc) is 2.53. The minimum atomic E-state index is 0.0524. The van der Waals surface area contributed by atoms with Crippen molar-refractivity contribution in [2.75, 3.05) is 0 Å². The monoisotopic (exact) mass is 152 g/mol. The molecule has 2 aliphatic carbocycles. The Morgan fingerprint density at radius 2 is 1.64 bits per heavy atom. The first kappa shape index (κ1) is 5.86. The van der Waals surface area contributed by atoms with Gasteiger partial charge in [-0.2, -0.15) is 0 Å². The van der Waals surface area contributed by atoms with Crippen LogP contribution in [-0.4, -0.2) is 18.1 Å². The first-order chi connectivity index (χ1) is 5.34. The van der Waals surface area contributed by atoms with Gasteiger partial charge in [0.15, 0.2) is 0 Å². The lowest BCUT2D eigenvalue weighted by atomic mass is 9.92. The van der Waals surface area contributed by atoms with Crippen molar-refractivity contribution in [3.63, 3.8) is 0 Å². The number of hydrogen-bond donors (Lipinski definition) is 2. The van der Waals surface area contributed by atoms with Gasteiger partial charge in [-0.1, -0.05) is 0 Å². The number of urea groups is 1. The lowest BCUT2D eigenvalue weighted by Gasteiger charge is -2.22. The Kier molecular flexibility index (Phi) is 0.910. The molecule has 1 saturated heterocycles. The van der Waals surface area contributed by atoms with Crippen molar-refractivity contribution in [3.05, 3.63) is 0 Å². The highest BCUT2D eigenvalue weighted by Crippen LogP contribution is 2.45. The zero-order chi connectivity index (χ0) is 7.42. The van der Waals surface area contributed by atoms with Gasteiger partial charge in [0.25, 0.3) is 0 Å². The van der Waals surface area contributed by atoms with Crippen LogP contribution in [0.25, 0.3) is 0 Å². The maximum absolute atomic E-state index is 11.0. The summed E-state index contributed by atoms with van der Waals surface area (Å²) in [6, 6.07) is 0.999. The summed E-state index contributed by atoms with van der Waals surface area (Å²) in [6.07, 6.45) is 3.99. The molecule has 4 unspecified atom stereocenters. The van der Waals surface area contributed by atoms with Crippen molar-refractivity contribution < 1.29 is 4.79 Å². The van der Waals surface area contributed by atoms with Crippen LogP contribution in [0.1, 0.15) is 19.3 Å². The van der Waals surface area contributed by atoms with Crippen molar-refractivity contribution in [1.29, 1.82) is 0 Å². The van der Waals surface area contributed by atoms with E-state index in [2.05, 4.69) is 10.6 Å². The van der Waals surface area contributed by atoms with Gasteiger partial charge in [-0.3, -0.25) is 0 Å². The van der Waals surface area contributed by atoms with Crippen LogP contribution in [0, 0.1) is 11.8 Å². The molecule has 2 N–H and O–H groups in total. The zero-order valence-electron chi connectivity index (χ0n) is 6.34. The summed E-state index contributed by atoms with van der Waals surface area (Å²) in [5.74, 6) is 1.56. The van der Waals surface area contributed by atoms with Crippen molar-refractivity contribution in [2.45, 2.75) is 31.3 Å². The van der Waals surface area contributed by atoms with Crippen LogP contribution in [0.4, 0.5) is 4.79 Å². The molecule has 0 aromatic heterocycles. The Labute approximate surface area is 65.5 Å². The van der Waals surface area contributed by atoms with Gasteiger partial charge in [0, 0.05) is 0 Å². The highest BCUT2D eigenvalue weighted by Gasteiger charge is 2.51. The van der Waals surface area contributed by atoms with E-state index in [1.807, 2.05) is 0 Å². The topological polar surface area (TPSA) is 41.1 Å². The molecule has 3 nitrogen and oxygen atoms in total. The summed E-state index contributed by atoms with van der Waals surface area (Å²) >= 11 is 0. The number of amides is 2. The SMILES string of the molecule is O=C1NC2C3CCC(C3)C2N1. The van der Waals surface area contributed by atoms with Gasteiger partial charge >= 0.3 is 6.03 Å². The molecule has 3 aliphatic rings. The Morgan fingerprint density at radius 3 is 2.18 bits per heavy atom. The number of carbonyl (C=O) groups excluding carboxylic acids is 1. The van der Waals surface area contributed by atoms with E-state index in [1.165, 1.54) is 19.3 Å². The van der Waals surface area contributed by atoms with Crippen LogP contribution in [-0.2, 0) is 0 Å². The van der Waals surface area contributed by atoms with Crippen LogP contribution in [0.5, 0.6) is 0 Å². The molecule has 3 rings (SSSR count). The Morgan fingerprint density at radius 1 is 1.09 bits per heavy atom. The van der Waals surface area contributed by atoms with Crippen LogP contribution >= 0.6 is 0 Å². The zero-order valence-corrected chi connectivity index (χ0v) is 6.34. The van der Waals surface area contributed by atoms with E-state index in [0.29, 0.717) is 12.1 Å². The largest absolute Gasteiger partial charge is 0.333 e. The Hall–Kier alpha value is -0.730. The van der Waals surface area contributed by atoms with Gasteiger partial charge in [0.2, 0.25) is 0 Å². The number of fused-ring (bicyclic) bond motifs is 5. The normalized spacial score (nSPS) is 52.2. The van der Waals surface area contributed by atoms with Gasteiger partial charge in [-0.05, 0) is 31.1 Å². The number of nitrogens with one attached hydrogen (secondary N) is 2. The molecule has 2 amide bonds. The minimum Gasteiger partial charge on any atom is -0.333 e. The molecule has 2 bridgehead atoms. The maximum atomic E-state index is 11.0. The fraction of sp³-hybridized carbons (Fsp3) is 0.875. The molecule has 11 heavy (non-hydrogen) atoms. The summed E-state index contributed by atoms with van der Waals surface area (Å²) in [6.45, 7) is 0. The van der Waals surface area contributed by atoms with Crippen LogP contribution in [0.15, 0.2) is 0 Å². The second-order valence-electron chi connectivity index (χ2n) is 4.00. The van der Waals surface area contributed by atoms with Crippen molar-refractivity contribution in [1.82, 2.24) is 10.6 Å². The van der Waals surface area contributed by atoms with Crippen LogP contribution < -0.4 is 10.6 Å². The number of hydrogen-bond acceptors (Lipinski definition) is 1. The highest BCUT2D eigenvalue weighted by molar-refractivity contribution is 5.77. The first-order valence-electron chi connectivity index (χ1n) is 4.41. The molecule has 2 saturated carbocycles. The van der Waals surface area contributed by atoms with E-state index in [-0.39, 0.29) is 6.03 Å². The predicted molar refractivity (Wildman–Crippen MR) is 40.1 cm³/mol. The molecule has 1 aliphatic heterocycles. The number of carbonyl (C=O) groups is 1. The molecule has 1 heterocycles. The number of rotatable bonds is 0. The average molecular weight is 152 g/mol. The molecule has 0 aromatic carbocycles. The van der Waals surface area contributed by atoms with E-state index in [1.54, 1.807) is 0 Å². The predicted octanol–water partition coefficient (Wildman–Crippen LogP) is 0.466. The highest BCUT2D eigenvalue weighted by atomic mass is 16.2. The van der Waals surface area contributed by atoms with Crippen LogP contribution in [0.2, 0.25) is 0 Å². The molecule has 3 heteroatoms. The van der Waals surface area contributed by atoms with Crippen molar-refractivity contribution in [2.24, 2.45) is 11.8 Å². The van der Waals surface area contributed by atoms with E-state index < -0.39 is 0 Å². The fourth-order valence-corrected chi connectivity index (χ4v) is 3.05. The molecular weight excluding hydrogens is 140 g/mol. The fourth-order valence-electron chi connectivity index (χ4n) is 3.05. The molecule has 0 radical (unpaired) electrons. The summed E-state index contributed by atoms with van der Waals surface area (Å²) in [4.78, 5) is 11.0. The third-order valence-corrected chi connectivity index (χ3v) is 3.51. The summed E-state index contributed by atoms with van der Waals surface area (Å²) in [5, 5.41) is 5.99. The van der Waals surface area contributed by atoms with Crippen molar-refractivity contribution in [3.8, 4) is 0 Å². The molecule has 0 spiro atoms. The summed E-state index contributed by atoms with van der Waals surface area (Å²) in [7, 11) is 0.